The Labute approximate surface area is 102 Å². The van der Waals surface area contributed by atoms with Gasteiger partial charge in [0.1, 0.15) is 0 Å². The number of thioether (sulfide) groups is 1. The topological polar surface area (TPSA) is 12.0 Å². The molecule has 1 aliphatic carbocycles. The first-order valence-electron chi connectivity index (χ1n) is 6.38. The molecule has 0 amide bonds. The van der Waals surface area contributed by atoms with Crippen LogP contribution < -0.4 is 5.32 Å². The summed E-state index contributed by atoms with van der Waals surface area (Å²) in [6, 6.07) is 9.62. The second-order valence-corrected chi connectivity index (χ2v) is 6.13. The van der Waals surface area contributed by atoms with E-state index in [-0.39, 0.29) is 0 Å². The first-order chi connectivity index (χ1) is 7.95. The van der Waals surface area contributed by atoms with Gasteiger partial charge in [-0.2, -0.15) is 11.8 Å². The minimum absolute atomic E-state index is 0.603. The van der Waals surface area contributed by atoms with Gasteiger partial charge in [-0.05, 0) is 49.1 Å². The Morgan fingerprint density at radius 3 is 3.12 bits per heavy atom. The van der Waals surface area contributed by atoms with E-state index in [2.05, 4.69) is 41.3 Å². The summed E-state index contributed by atoms with van der Waals surface area (Å²) >= 11 is 2.18. The van der Waals surface area contributed by atoms with Crippen molar-refractivity contribution in [2.45, 2.75) is 37.0 Å². The molecule has 86 valence electrons. The molecule has 0 aromatic heterocycles. The molecule has 1 aromatic rings. The van der Waals surface area contributed by atoms with Gasteiger partial charge in [-0.15, -0.1) is 0 Å². The molecule has 0 spiro atoms. The van der Waals surface area contributed by atoms with Crippen LogP contribution in [0.5, 0.6) is 0 Å². The Morgan fingerprint density at radius 2 is 2.12 bits per heavy atom. The summed E-state index contributed by atoms with van der Waals surface area (Å²) in [6.07, 6.45) is 5.31. The molecule has 2 atom stereocenters. The predicted octanol–water partition coefficient (Wildman–Crippen LogP) is 3.16. The van der Waals surface area contributed by atoms with E-state index in [0.717, 1.165) is 5.25 Å². The van der Waals surface area contributed by atoms with Gasteiger partial charge in [0.2, 0.25) is 0 Å². The van der Waals surface area contributed by atoms with E-state index in [1.165, 1.54) is 38.0 Å². The molecule has 1 nitrogen and oxygen atoms in total. The lowest BCUT2D eigenvalue weighted by molar-refractivity contribution is 0.513. The quantitative estimate of drug-likeness (QED) is 0.739. The number of nitrogens with one attached hydrogen (secondary N) is 1. The van der Waals surface area contributed by atoms with Crippen LogP contribution in [-0.4, -0.2) is 17.5 Å². The zero-order chi connectivity index (χ0) is 10.8. The van der Waals surface area contributed by atoms with E-state index in [1.54, 1.807) is 11.1 Å². The third-order valence-corrected chi connectivity index (χ3v) is 5.17. The molecular formula is C14H19NS. The van der Waals surface area contributed by atoms with Crippen LogP contribution in [0.1, 0.15) is 36.4 Å². The van der Waals surface area contributed by atoms with Crippen molar-refractivity contribution >= 4 is 11.8 Å². The molecule has 2 unspecified atom stereocenters. The van der Waals surface area contributed by atoms with Crippen molar-refractivity contribution in [1.82, 2.24) is 5.32 Å². The van der Waals surface area contributed by atoms with Gasteiger partial charge in [-0.1, -0.05) is 24.3 Å². The third-order valence-electron chi connectivity index (χ3n) is 3.71. The summed E-state index contributed by atoms with van der Waals surface area (Å²) in [5.41, 5.74) is 3.14. The van der Waals surface area contributed by atoms with E-state index in [1.807, 2.05) is 0 Å². The number of aryl methyl sites for hydroxylation is 1. The monoisotopic (exact) mass is 233 g/mol. The number of fused-ring (bicyclic) bond motifs is 3. The molecule has 1 aliphatic heterocycles. The summed E-state index contributed by atoms with van der Waals surface area (Å²) in [7, 11) is 0. The highest BCUT2D eigenvalue weighted by atomic mass is 32.2. The van der Waals surface area contributed by atoms with Gasteiger partial charge in [-0.3, -0.25) is 0 Å². The van der Waals surface area contributed by atoms with Crippen LogP contribution in [-0.2, 0) is 6.42 Å². The van der Waals surface area contributed by atoms with Crippen LogP contribution in [0.4, 0.5) is 0 Å². The maximum Gasteiger partial charge on any atom is 0.0443 e. The molecule has 1 N–H and O–H groups in total. The van der Waals surface area contributed by atoms with Crippen LogP contribution in [0.3, 0.4) is 0 Å². The number of rotatable bonds is 0. The van der Waals surface area contributed by atoms with Gasteiger partial charge in [0.15, 0.2) is 0 Å². The normalized spacial score (nSPS) is 29.8. The van der Waals surface area contributed by atoms with E-state index >= 15 is 0 Å². The predicted molar refractivity (Wildman–Crippen MR) is 71.0 cm³/mol. The molecule has 0 bridgehead atoms. The molecule has 1 heterocycles. The van der Waals surface area contributed by atoms with Crippen molar-refractivity contribution < 1.29 is 0 Å². The highest BCUT2D eigenvalue weighted by Gasteiger charge is 2.28. The van der Waals surface area contributed by atoms with Crippen molar-refractivity contribution in [3.8, 4) is 0 Å². The molecular weight excluding hydrogens is 214 g/mol. The van der Waals surface area contributed by atoms with Crippen molar-refractivity contribution in [3.63, 3.8) is 0 Å². The van der Waals surface area contributed by atoms with E-state index in [9.17, 15) is 0 Å². The van der Waals surface area contributed by atoms with Gasteiger partial charge in [0.05, 0.1) is 0 Å². The molecule has 1 saturated heterocycles. The Balaban J connectivity index is 1.97. The van der Waals surface area contributed by atoms with Gasteiger partial charge in [-0.25, -0.2) is 0 Å². The zero-order valence-electron chi connectivity index (χ0n) is 9.61. The number of benzene rings is 1. The summed E-state index contributed by atoms with van der Waals surface area (Å²) < 4.78 is 0. The van der Waals surface area contributed by atoms with Crippen LogP contribution in [0.15, 0.2) is 24.3 Å². The lowest BCUT2D eigenvalue weighted by atomic mass is 9.99. The average Bonchev–Trinajstić information content (AvgIpc) is 2.62. The van der Waals surface area contributed by atoms with Crippen LogP contribution in [0.2, 0.25) is 0 Å². The Bertz CT molecular complexity index is 364. The fourth-order valence-corrected chi connectivity index (χ4v) is 4.29. The summed E-state index contributed by atoms with van der Waals surface area (Å²) in [6.45, 7) is 1.18. The minimum atomic E-state index is 0.603. The first-order valence-corrected chi connectivity index (χ1v) is 7.43. The van der Waals surface area contributed by atoms with Crippen molar-refractivity contribution in [3.05, 3.63) is 35.4 Å². The van der Waals surface area contributed by atoms with Gasteiger partial charge >= 0.3 is 0 Å². The number of hydrogen-bond acceptors (Lipinski definition) is 2. The first kappa shape index (κ1) is 10.7. The fourth-order valence-electron chi connectivity index (χ4n) is 2.91. The second kappa shape index (κ2) is 4.80. The molecule has 16 heavy (non-hydrogen) atoms. The standard InChI is InChI=1S/C14H19NS/c1-2-7-12-11(5-1)6-3-8-13-14(12)15-9-4-10-16-13/h1-2,5,7,13-15H,3-4,6,8-10H2. The Morgan fingerprint density at radius 1 is 1.19 bits per heavy atom. The smallest absolute Gasteiger partial charge is 0.0443 e. The Hall–Kier alpha value is -0.470. The zero-order valence-corrected chi connectivity index (χ0v) is 10.4. The maximum atomic E-state index is 3.76. The molecule has 2 heteroatoms. The molecule has 1 aromatic carbocycles. The van der Waals surface area contributed by atoms with Gasteiger partial charge in [0.25, 0.3) is 0 Å². The van der Waals surface area contributed by atoms with E-state index < -0.39 is 0 Å². The van der Waals surface area contributed by atoms with Crippen molar-refractivity contribution in [2.24, 2.45) is 0 Å². The third kappa shape index (κ3) is 2.01. The molecule has 3 rings (SSSR count). The summed E-state index contributed by atoms with van der Waals surface area (Å²) in [5, 5.41) is 4.56. The largest absolute Gasteiger partial charge is 0.309 e. The molecule has 1 fully saturated rings. The highest BCUT2D eigenvalue weighted by molar-refractivity contribution is 7.99. The maximum absolute atomic E-state index is 3.76. The van der Waals surface area contributed by atoms with Crippen LogP contribution >= 0.6 is 11.8 Å². The highest BCUT2D eigenvalue weighted by Crippen LogP contribution is 2.37. The summed E-state index contributed by atoms with van der Waals surface area (Å²) in [4.78, 5) is 0. The fraction of sp³-hybridized carbons (Fsp3) is 0.571. The molecule has 0 saturated carbocycles. The average molecular weight is 233 g/mol. The van der Waals surface area contributed by atoms with Gasteiger partial charge in [0, 0.05) is 11.3 Å². The Kier molecular flexibility index (Phi) is 3.20. The molecule has 2 aliphatic rings. The van der Waals surface area contributed by atoms with Gasteiger partial charge < -0.3 is 5.32 Å². The van der Waals surface area contributed by atoms with Crippen molar-refractivity contribution in [2.75, 3.05) is 12.3 Å². The minimum Gasteiger partial charge on any atom is -0.309 e. The van der Waals surface area contributed by atoms with E-state index in [4.69, 9.17) is 0 Å². The SMILES string of the molecule is c1ccc2c(c1)CCCC1SCCCNC21. The lowest BCUT2D eigenvalue weighted by Gasteiger charge is -2.24. The number of hydrogen-bond donors (Lipinski definition) is 1. The summed E-state index contributed by atoms with van der Waals surface area (Å²) in [5.74, 6) is 1.33. The van der Waals surface area contributed by atoms with Crippen LogP contribution in [0.25, 0.3) is 0 Å². The molecule has 0 radical (unpaired) electrons. The van der Waals surface area contributed by atoms with E-state index in [0.29, 0.717) is 6.04 Å². The second-order valence-electron chi connectivity index (χ2n) is 4.79. The van der Waals surface area contributed by atoms with Crippen molar-refractivity contribution in [1.29, 1.82) is 0 Å². The van der Waals surface area contributed by atoms with Crippen LogP contribution in [0, 0.1) is 0 Å². The lowest BCUT2D eigenvalue weighted by Crippen LogP contribution is -2.28.